The Bertz CT molecular complexity index is 1130. The van der Waals surface area contributed by atoms with Crippen LogP contribution in [0.25, 0.3) is 11.1 Å². The van der Waals surface area contributed by atoms with Gasteiger partial charge in [0, 0.05) is 50.7 Å². The highest BCUT2D eigenvalue weighted by atomic mass is 32.2. The Hall–Kier alpha value is -2.78. The van der Waals surface area contributed by atoms with Crippen molar-refractivity contribution >= 4 is 17.7 Å². The number of nitrogens with zero attached hydrogens (tertiary/aromatic N) is 5. The van der Waals surface area contributed by atoms with Crippen LogP contribution in [0, 0.1) is 12.7 Å². The third-order valence-electron chi connectivity index (χ3n) is 5.84. The van der Waals surface area contributed by atoms with Gasteiger partial charge in [0.05, 0.1) is 18.0 Å². The topological polar surface area (TPSA) is 73.1 Å². The first kappa shape index (κ1) is 23.4. The lowest BCUT2D eigenvalue weighted by Gasteiger charge is -2.32. The summed E-state index contributed by atoms with van der Waals surface area (Å²) >= 11 is 1.54. The molecule has 0 atom stereocenters. The minimum Gasteiger partial charge on any atom is -0.384 e. The number of halogens is 1. The molecule has 4 rings (SSSR count). The molecule has 1 aliphatic heterocycles. The minimum atomic E-state index is -0.288. The Labute approximate surface area is 197 Å². The highest BCUT2D eigenvalue weighted by Crippen LogP contribution is 2.35. The molecule has 9 heteroatoms. The zero-order valence-corrected chi connectivity index (χ0v) is 19.9. The van der Waals surface area contributed by atoms with Gasteiger partial charge in [0.2, 0.25) is 0 Å². The van der Waals surface area contributed by atoms with E-state index in [4.69, 9.17) is 9.72 Å². The van der Waals surface area contributed by atoms with Gasteiger partial charge in [-0.2, -0.15) is 5.10 Å². The molecule has 1 saturated heterocycles. The Balaban J connectivity index is 1.56. The number of carbonyl (C=O) groups excluding carboxylic acids is 1. The molecule has 1 aliphatic rings. The average Bonchev–Trinajstić information content (AvgIpc) is 3.16. The SMILES string of the molecule is COCCSc1ncc(-c2cccc(F)c2)c(C2CCN(C(=O)c3cc(C)nn3C)CC2)n1. The van der Waals surface area contributed by atoms with Gasteiger partial charge in [0.15, 0.2) is 5.16 Å². The molecular weight excluding hydrogens is 441 g/mol. The monoisotopic (exact) mass is 469 g/mol. The standard InChI is InChI=1S/C24H28FN5O2S/c1-16-13-21(29(2)28-16)23(31)30-9-7-17(8-10-30)22-20(18-5-4-6-19(25)14-18)15-26-24(27-22)33-12-11-32-3/h4-6,13-15,17H,7-12H2,1-3H3. The maximum Gasteiger partial charge on any atom is 0.272 e. The van der Waals surface area contributed by atoms with Crippen molar-refractivity contribution in [2.75, 3.05) is 32.6 Å². The summed E-state index contributed by atoms with van der Waals surface area (Å²) in [5.41, 5.74) is 3.96. The summed E-state index contributed by atoms with van der Waals surface area (Å²) in [5, 5.41) is 4.98. The van der Waals surface area contributed by atoms with Crippen molar-refractivity contribution in [3.05, 3.63) is 59.4 Å². The van der Waals surface area contributed by atoms with Gasteiger partial charge in [-0.05, 0) is 43.5 Å². The number of likely N-dealkylation sites (tertiary alicyclic amines) is 1. The maximum atomic E-state index is 13.9. The lowest BCUT2D eigenvalue weighted by Crippen LogP contribution is -2.39. The number of amides is 1. The number of piperidine rings is 1. The third-order valence-corrected chi connectivity index (χ3v) is 6.67. The fourth-order valence-electron chi connectivity index (χ4n) is 4.18. The van der Waals surface area contributed by atoms with Crippen LogP contribution in [-0.4, -0.2) is 63.1 Å². The van der Waals surface area contributed by atoms with Crippen molar-refractivity contribution in [3.63, 3.8) is 0 Å². The van der Waals surface area contributed by atoms with Crippen molar-refractivity contribution in [2.24, 2.45) is 7.05 Å². The summed E-state index contributed by atoms with van der Waals surface area (Å²) in [7, 11) is 3.46. The molecule has 0 N–H and O–H groups in total. The number of hydrogen-bond donors (Lipinski definition) is 0. The molecule has 1 aromatic carbocycles. The number of methoxy groups -OCH3 is 1. The second-order valence-corrected chi connectivity index (χ2v) is 9.23. The number of aromatic nitrogens is 4. The van der Waals surface area contributed by atoms with E-state index in [-0.39, 0.29) is 17.6 Å². The van der Waals surface area contributed by atoms with Crippen molar-refractivity contribution < 1.29 is 13.9 Å². The van der Waals surface area contributed by atoms with Crippen LogP contribution in [0.1, 0.15) is 40.6 Å². The van der Waals surface area contributed by atoms with Gasteiger partial charge < -0.3 is 9.64 Å². The first-order valence-electron chi connectivity index (χ1n) is 11.0. The fraction of sp³-hybridized carbons (Fsp3) is 0.417. The number of benzene rings is 1. The Morgan fingerprint density at radius 3 is 2.73 bits per heavy atom. The molecule has 0 saturated carbocycles. The first-order valence-corrected chi connectivity index (χ1v) is 12.0. The van der Waals surface area contributed by atoms with Crippen LogP contribution in [-0.2, 0) is 11.8 Å². The molecule has 0 unspecified atom stereocenters. The summed E-state index contributed by atoms with van der Waals surface area (Å²) in [5.74, 6) is 0.626. The summed E-state index contributed by atoms with van der Waals surface area (Å²) < 4.78 is 20.7. The largest absolute Gasteiger partial charge is 0.384 e. The van der Waals surface area contributed by atoms with E-state index in [9.17, 15) is 9.18 Å². The molecular formula is C24H28FN5O2S. The minimum absolute atomic E-state index is 0.000372. The number of rotatable bonds is 7. The van der Waals surface area contributed by atoms with Crippen molar-refractivity contribution in [1.29, 1.82) is 0 Å². The summed E-state index contributed by atoms with van der Waals surface area (Å²) in [4.78, 5) is 24.2. The molecule has 33 heavy (non-hydrogen) atoms. The molecule has 2 aromatic heterocycles. The summed E-state index contributed by atoms with van der Waals surface area (Å²) in [6.07, 6.45) is 3.36. The fourth-order valence-corrected chi connectivity index (χ4v) is 4.90. The molecule has 0 aliphatic carbocycles. The third kappa shape index (κ3) is 5.42. The van der Waals surface area contributed by atoms with E-state index in [1.165, 1.54) is 12.1 Å². The number of carbonyl (C=O) groups is 1. The predicted octanol–water partition coefficient (Wildman–Crippen LogP) is 4.08. The number of aryl methyl sites for hydroxylation is 2. The van der Waals surface area contributed by atoms with Crippen molar-refractivity contribution in [2.45, 2.75) is 30.8 Å². The van der Waals surface area contributed by atoms with Gasteiger partial charge in [0.25, 0.3) is 5.91 Å². The van der Waals surface area contributed by atoms with Gasteiger partial charge in [-0.15, -0.1) is 0 Å². The normalized spacial score (nSPS) is 14.6. The Morgan fingerprint density at radius 2 is 2.06 bits per heavy atom. The van der Waals surface area contributed by atoms with Crippen molar-refractivity contribution in [1.82, 2.24) is 24.6 Å². The molecule has 1 amide bonds. The van der Waals surface area contributed by atoms with Crippen LogP contribution in [0.15, 0.2) is 41.7 Å². The zero-order chi connectivity index (χ0) is 23.4. The molecule has 7 nitrogen and oxygen atoms in total. The van der Waals surface area contributed by atoms with E-state index in [1.54, 1.807) is 42.9 Å². The van der Waals surface area contributed by atoms with Crippen LogP contribution >= 0.6 is 11.8 Å². The molecule has 3 aromatic rings. The number of hydrogen-bond acceptors (Lipinski definition) is 6. The second-order valence-electron chi connectivity index (χ2n) is 8.16. The van der Waals surface area contributed by atoms with Gasteiger partial charge >= 0.3 is 0 Å². The van der Waals surface area contributed by atoms with Crippen molar-refractivity contribution in [3.8, 4) is 11.1 Å². The van der Waals surface area contributed by atoms with E-state index >= 15 is 0 Å². The molecule has 174 valence electrons. The van der Waals surface area contributed by atoms with Gasteiger partial charge in [0.1, 0.15) is 11.5 Å². The van der Waals surface area contributed by atoms with Crippen LogP contribution < -0.4 is 0 Å². The van der Waals surface area contributed by atoms with Gasteiger partial charge in [-0.1, -0.05) is 23.9 Å². The quantitative estimate of drug-likeness (QED) is 0.295. The zero-order valence-electron chi connectivity index (χ0n) is 19.1. The number of ether oxygens (including phenoxy) is 1. The van der Waals surface area contributed by atoms with E-state index in [0.29, 0.717) is 30.5 Å². The highest BCUT2D eigenvalue weighted by Gasteiger charge is 2.29. The van der Waals surface area contributed by atoms with E-state index < -0.39 is 0 Å². The Kier molecular flexibility index (Phi) is 7.39. The van der Waals surface area contributed by atoms with E-state index in [2.05, 4.69) is 10.1 Å². The van der Waals surface area contributed by atoms with Crippen LogP contribution in [0.2, 0.25) is 0 Å². The summed E-state index contributed by atoms with van der Waals surface area (Å²) in [6.45, 7) is 3.76. The van der Waals surface area contributed by atoms with Gasteiger partial charge in [-0.3, -0.25) is 9.48 Å². The lowest BCUT2D eigenvalue weighted by molar-refractivity contribution is 0.0701. The Morgan fingerprint density at radius 1 is 1.27 bits per heavy atom. The lowest BCUT2D eigenvalue weighted by atomic mass is 9.89. The van der Waals surface area contributed by atoms with Crippen LogP contribution in [0.3, 0.4) is 0 Å². The molecule has 0 radical (unpaired) electrons. The molecule has 1 fully saturated rings. The smallest absolute Gasteiger partial charge is 0.272 e. The molecule has 0 spiro atoms. The predicted molar refractivity (Wildman–Crippen MR) is 126 cm³/mol. The van der Waals surface area contributed by atoms with Crippen LogP contribution in [0.5, 0.6) is 0 Å². The van der Waals surface area contributed by atoms with E-state index in [1.807, 2.05) is 24.0 Å². The average molecular weight is 470 g/mol. The maximum absolute atomic E-state index is 13.9. The first-order chi connectivity index (χ1) is 16.0. The van der Waals surface area contributed by atoms with Gasteiger partial charge in [-0.25, -0.2) is 14.4 Å². The number of thioether (sulfide) groups is 1. The van der Waals surface area contributed by atoms with Crippen LogP contribution in [0.4, 0.5) is 4.39 Å². The second kappa shape index (κ2) is 10.4. The molecule has 0 bridgehead atoms. The molecule has 3 heterocycles. The summed E-state index contributed by atoms with van der Waals surface area (Å²) in [6, 6.07) is 8.36. The highest BCUT2D eigenvalue weighted by molar-refractivity contribution is 7.99. The van der Waals surface area contributed by atoms with E-state index in [0.717, 1.165) is 41.1 Å².